The smallest absolute Gasteiger partial charge is 0.249 e. The molecule has 0 bridgehead atoms. The third kappa shape index (κ3) is 3.60. The minimum absolute atomic E-state index is 0.164. The second-order valence-corrected chi connectivity index (χ2v) is 8.04. The minimum Gasteiger partial charge on any atom is -0.325 e. The topological polar surface area (TPSA) is 87.8 Å². The van der Waals surface area contributed by atoms with Gasteiger partial charge in [0.05, 0.1) is 17.5 Å². The summed E-state index contributed by atoms with van der Waals surface area (Å²) >= 11 is 0. The Morgan fingerprint density at radius 3 is 2.42 bits per heavy atom. The summed E-state index contributed by atoms with van der Waals surface area (Å²) < 4.78 is 1.74. The average molecular weight is 432 g/mol. The number of ketones is 1. The van der Waals surface area contributed by atoms with Gasteiger partial charge < -0.3 is 5.32 Å². The van der Waals surface area contributed by atoms with Crippen LogP contribution in [0.2, 0.25) is 0 Å². The zero-order valence-electron chi connectivity index (χ0n) is 17.9. The van der Waals surface area contributed by atoms with Crippen LogP contribution in [0, 0.1) is 24.2 Å². The van der Waals surface area contributed by atoms with Crippen LogP contribution >= 0.6 is 0 Å². The normalized spacial score (nSPS) is 12.4. The van der Waals surface area contributed by atoms with Crippen molar-refractivity contribution in [3.63, 3.8) is 0 Å². The number of amides is 1. The molecule has 1 aliphatic carbocycles. The molecule has 1 unspecified atom stereocenters. The van der Waals surface area contributed by atoms with Gasteiger partial charge in [0.1, 0.15) is 5.69 Å². The molecule has 6 heteroatoms. The molecular formula is C27H20N4O2. The van der Waals surface area contributed by atoms with E-state index in [4.69, 9.17) is 0 Å². The molecule has 3 aromatic carbocycles. The van der Waals surface area contributed by atoms with Crippen molar-refractivity contribution in [3.8, 4) is 23.0 Å². The number of para-hydroxylation sites is 2. The van der Waals surface area contributed by atoms with Crippen LogP contribution < -0.4 is 5.32 Å². The van der Waals surface area contributed by atoms with Crippen LogP contribution in [0.15, 0.2) is 78.9 Å². The van der Waals surface area contributed by atoms with E-state index in [1.54, 1.807) is 28.9 Å². The van der Waals surface area contributed by atoms with Crippen molar-refractivity contribution in [1.29, 1.82) is 5.26 Å². The number of rotatable bonds is 5. The number of anilines is 1. The lowest BCUT2D eigenvalue weighted by molar-refractivity contribution is -0.117. The summed E-state index contributed by atoms with van der Waals surface area (Å²) in [5, 5.41) is 17.0. The predicted molar refractivity (Wildman–Crippen MR) is 125 cm³/mol. The van der Waals surface area contributed by atoms with Crippen LogP contribution in [0.25, 0.3) is 16.9 Å². The Balaban J connectivity index is 1.58. The van der Waals surface area contributed by atoms with Gasteiger partial charge in [-0.25, -0.2) is 4.68 Å². The molecule has 1 amide bonds. The Labute approximate surface area is 191 Å². The highest BCUT2D eigenvalue weighted by molar-refractivity contribution is 6.16. The first kappa shape index (κ1) is 20.4. The average Bonchev–Trinajstić information content (AvgIpc) is 3.37. The lowest BCUT2D eigenvalue weighted by atomic mass is 9.98. The van der Waals surface area contributed by atoms with Gasteiger partial charge in [0.15, 0.2) is 5.92 Å². The highest BCUT2D eigenvalue weighted by Gasteiger charge is 2.36. The first-order chi connectivity index (χ1) is 16.1. The Morgan fingerprint density at radius 1 is 1.03 bits per heavy atom. The van der Waals surface area contributed by atoms with E-state index in [0.717, 1.165) is 33.6 Å². The summed E-state index contributed by atoms with van der Waals surface area (Å²) in [6.07, 6.45) is 0.526. The van der Waals surface area contributed by atoms with E-state index in [1.807, 2.05) is 61.5 Å². The first-order valence-electron chi connectivity index (χ1n) is 10.6. The molecule has 5 rings (SSSR count). The van der Waals surface area contributed by atoms with Gasteiger partial charge in [-0.3, -0.25) is 9.59 Å². The number of hydrogen-bond acceptors (Lipinski definition) is 4. The second kappa shape index (κ2) is 8.21. The molecule has 1 aliphatic rings. The molecule has 0 spiro atoms. The second-order valence-electron chi connectivity index (χ2n) is 8.04. The molecule has 0 radical (unpaired) electrons. The minimum atomic E-state index is -1.50. The molecule has 33 heavy (non-hydrogen) atoms. The molecule has 1 atom stereocenters. The van der Waals surface area contributed by atoms with Gasteiger partial charge in [0.25, 0.3) is 0 Å². The number of carbonyl (C=O) groups excluding carboxylic acids is 2. The van der Waals surface area contributed by atoms with Crippen LogP contribution in [0.1, 0.15) is 27.2 Å². The van der Waals surface area contributed by atoms with Crippen LogP contribution in [0.5, 0.6) is 0 Å². The molecule has 0 saturated heterocycles. The Bertz CT molecular complexity index is 1420. The van der Waals surface area contributed by atoms with Gasteiger partial charge in [-0.15, -0.1) is 0 Å². The lowest BCUT2D eigenvalue weighted by Crippen LogP contribution is -2.29. The molecule has 1 heterocycles. The molecule has 1 aromatic heterocycles. The summed E-state index contributed by atoms with van der Waals surface area (Å²) in [7, 11) is 0. The van der Waals surface area contributed by atoms with E-state index < -0.39 is 17.6 Å². The van der Waals surface area contributed by atoms with Crippen LogP contribution in [0.4, 0.5) is 5.69 Å². The highest BCUT2D eigenvalue weighted by atomic mass is 16.2. The monoisotopic (exact) mass is 432 g/mol. The molecule has 1 N–H and O–H groups in total. The number of carbonyl (C=O) groups is 2. The lowest BCUT2D eigenvalue weighted by Gasteiger charge is -2.10. The van der Waals surface area contributed by atoms with Gasteiger partial charge in [-0.05, 0) is 36.8 Å². The quantitative estimate of drug-likeness (QED) is 0.322. The van der Waals surface area contributed by atoms with E-state index in [1.165, 1.54) is 0 Å². The fourth-order valence-corrected chi connectivity index (χ4v) is 4.25. The molecule has 0 saturated carbocycles. The summed E-state index contributed by atoms with van der Waals surface area (Å²) in [6.45, 7) is 2.03. The van der Waals surface area contributed by atoms with Crippen molar-refractivity contribution < 1.29 is 9.59 Å². The van der Waals surface area contributed by atoms with Crippen LogP contribution in [0.3, 0.4) is 0 Å². The van der Waals surface area contributed by atoms with Crippen LogP contribution in [-0.2, 0) is 11.2 Å². The molecule has 6 nitrogen and oxygen atoms in total. The van der Waals surface area contributed by atoms with Crippen molar-refractivity contribution in [2.24, 2.45) is 5.92 Å². The van der Waals surface area contributed by atoms with Crippen LogP contribution in [-0.4, -0.2) is 21.5 Å². The summed E-state index contributed by atoms with van der Waals surface area (Å²) in [5.41, 5.74) is 6.32. The molecule has 160 valence electrons. The Kier molecular flexibility index (Phi) is 5.08. The largest absolute Gasteiger partial charge is 0.325 e. The van der Waals surface area contributed by atoms with E-state index >= 15 is 0 Å². The number of nitrogens with one attached hydrogen (secondary N) is 1. The van der Waals surface area contributed by atoms with E-state index in [2.05, 4.69) is 16.5 Å². The number of nitrogens with zero attached hydrogens (tertiary/aromatic N) is 3. The van der Waals surface area contributed by atoms with Gasteiger partial charge in [-0.2, -0.15) is 10.4 Å². The predicted octanol–water partition coefficient (Wildman–Crippen LogP) is 4.71. The number of hydrogen-bond donors (Lipinski definition) is 1. The Hall–Kier alpha value is -4.50. The summed E-state index contributed by atoms with van der Waals surface area (Å²) in [6, 6.07) is 26.4. The molecule has 4 aromatic rings. The number of benzene rings is 3. The van der Waals surface area contributed by atoms with Gasteiger partial charge in [0.2, 0.25) is 11.7 Å². The number of Topliss-reactive ketones (excluding diaryl/α,β-unsaturated/α-hetero) is 1. The van der Waals surface area contributed by atoms with Crippen molar-refractivity contribution in [1.82, 2.24) is 9.78 Å². The SMILES string of the molecule is Cc1ccc2c(c1)Cc1c(C(=O)C(C#N)C(=O)Nc3ccccc3)nn(-c3ccccc3)c1-2. The zero-order valence-corrected chi connectivity index (χ0v) is 17.9. The fraction of sp³-hybridized carbons (Fsp3) is 0.111. The molecule has 0 aliphatic heterocycles. The number of aryl methyl sites for hydroxylation is 1. The van der Waals surface area contributed by atoms with E-state index in [-0.39, 0.29) is 5.69 Å². The van der Waals surface area contributed by atoms with Gasteiger partial charge in [-0.1, -0.05) is 60.2 Å². The third-order valence-electron chi connectivity index (χ3n) is 5.80. The van der Waals surface area contributed by atoms with Gasteiger partial charge in [0, 0.05) is 23.2 Å². The zero-order chi connectivity index (χ0) is 22.9. The van der Waals surface area contributed by atoms with E-state index in [0.29, 0.717) is 12.1 Å². The maximum atomic E-state index is 13.5. The number of nitriles is 1. The molecular weight excluding hydrogens is 412 g/mol. The summed E-state index contributed by atoms with van der Waals surface area (Å²) in [4.78, 5) is 26.3. The van der Waals surface area contributed by atoms with Gasteiger partial charge >= 0.3 is 0 Å². The van der Waals surface area contributed by atoms with Crippen molar-refractivity contribution in [2.75, 3.05) is 5.32 Å². The third-order valence-corrected chi connectivity index (χ3v) is 5.80. The number of fused-ring (bicyclic) bond motifs is 3. The van der Waals surface area contributed by atoms with Crippen molar-refractivity contribution in [2.45, 2.75) is 13.3 Å². The Morgan fingerprint density at radius 2 is 1.73 bits per heavy atom. The van der Waals surface area contributed by atoms with Crippen molar-refractivity contribution >= 4 is 17.4 Å². The standard InChI is InChI=1S/C27H20N4O2/c1-17-12-13-21-18(14-17)15-22-24(30-31(25(21)22)20-10-6-3-7-11-20)26(32)23(16-28)27(33)29-19-8-4-2-5-9-19/h2-14,23H,15H2,1H3,(H,29,33). The summed E-state index contributed by atoms with van der Waals surface area (Å²) in [5.74, 6) is -2.76. The maximum absolute atomic E-state index is 13.5. The fourth-order valence-electron chi connectivity index (χ4n) is 4.25. The van der Waals surface area contributed by atoms with E-state index in [9.17, 15) is 14.9 Å². The maximum Gasteiger partial charge on any atom is 0.249 e. The first-order valence-corrected chi connectivity index (χ1v) is 10.6. The number of aromatic nitrogens is 2. The highest BCUT2D eigenvalue weighted by Crippen LogP contribution is 2.40. The molecule has 0 fully saturated rings. The van der Waals surface area contributed by atoms with Crippen molar-refractivity contribution in [3.05, 3.63) is 101 Å².